The second kappa shape index (κ2) is 3.98. The lowest BCUT2D eigenvalue weighted by molar-refractivity contribution is 0.500. The molecule has 1 aromatic heterocycles. The van der Waals surface area contributed by atoms with Crippen molar-refractivity contribution in [1.82, 2.24) is 9.55 Å². The molecule has 90 valence electrons. The topological polar surface area (TPSA) is 20.7 Å². The molecule has 3 heteroatoms. The van der Waals surface area contributed by atoms with Crippen LogP contribution < -0.4 is 0 Å². The number of hydrogen-bond donors (Lipinski definition) is 1. The van der Waals surface area contributed by atoms with Crippen LogP contribution in [0.15, 0.2) is 18.2 Å². The Morgan fingerprint density at radius 2 is 2.18 bits per heavy atom. The molecular weight excluding hydrogens is 228 g/mol. The fourth-order valence-corrected chi connectivity index (χ4v) is 3.36. The zero-order valence-electron chi connectivity index (χ0n) is 10.4. The Bertz CT molecular complexity index is 608. The third kappa shape index (κ3) is 1.82. The lowest BCUT2D eigenvalue weighted by atomic mass is 10.1. The molecule has 2 unspecified atom stereocenters. The Morgan fingerprint density at radius 3 is 2.88 bits per heavy atom. The highest BCUT2D eigenvalue weighted by Gasteiger charge is 2.24. The summed E-state index contributed by atoms with van der Waals surface area (Å²) in [7, 11) is 0. The molecule has 1 aliphatic rings. The Hall–Kier alpha value is -1.09. The number of benzene rings is 1. The minimum atomic E-state index is 0.591. The van der Waals surface area contributed by atoms with Gasteiger partial charge in [0.15, 0.2) is 4.77 Å². The van der Waals surface area contributed by atoms with Gasteiger partial charge in [-0.05, 0) is 62.0 Å². The van der Waals surface area contributed by atoms with Gasteiger partial charge in [-0.2, -0.15) is 0 Å². The average Bonchev–Trinajstić information content (AvgIpc) is 2.81. The molecule has 1 N–H and O–H groups in total. The standard InChI is InChI=1S/C14H18N2S/c1-9-3-5-11(7-9)16-13-8-10(2)4-6-12(13)15-14(16)17/h4,6,8-9,11H,3,5,7H2,1-2H3,(H,15,17). The number of rotatable bonds is 1. The molecule has 0 radical (unpaired) electrons. The van der Waals surface area contributed by atoms with E-state index in [2.05, 4.69) is 41.6 Å². The van der Waals surface area contributed by atoms with Crippen LogP contribution in [0.3, 0.4) is 0 Å². The quantitative estimate of drug-likeness (QED) is 0.741. The molecular formula is C14H18N2S. The Kier molecular flexibility index (Phi) is 2.58. The highest BCUT2D eigenvalue weighted by molar-refractivity contribution is 7.71. The number of nitrogens with zero attached hydrogens (tertiary/aromatic N) is 1. The Morgan fingerprint density at radius 1 is 1.35 bits per heavy atom. The van der Waals surface area contributed by atoms with Crippen molar-refractivity contribution in [2.24, 2.45) is 5.92 Å². The largest absolute Gasteiger partial charge is 0.331 e. The SMILES string of the molecule is Cc1ccc2[nH]c(=S)n(C3CCC(C)C3)c2c1. The van der Waals surface area contributed by atoms with E-state index in [4.69, 9.17) is 12.2 Å². The number of fused-ring (bicyclic) bond motifs is 1. The van der Waals surface area contributed by atoms with Crippen LogP contribution in [-0.4, -0.2) is 9.55 Å². The first-order valence-corrected chi connectivity index (χ1v) is 6.77. The van der Waals surface area contributed by atoms with Crippen molar-refractivity contribution in [3.8, 4) is 0 Å². The lowest BCUT2D eigenvalue weighted by Crippen LogP contribution is -2.05. The third-order valence-electron chi connectivity index (χ3n) is 3.91. The average molecular weight is 246 g/mol. The van der Waals surface area contributed by atoms with Gasteiger partial charge in [0, 0.05) is 6.04 Å². The smallest absolute Gasteiger partial charge is 0.178 e. The number of aromatic nitrogens is 2. The molecule has 1 aliphatic carbocycles. The summed E-state index contributed by atoms with van der Waals surface area (Å²) in [5, 5.41) is 0. The molecule has 1 aromatic carbocycles. The highest BCUT2D eigenvalue weighted by Crippen LogP contribution is 2.36. The van der Waals surface area contributed by atoms with E-state index in [1.165, 1.54) is 35.9 Å². The summed E-state index contributed by atoms with van der Waals surface area (Å²) in [6.45, 7) is 4.47. The van der Waals surface area contributed by atoms with Gasteiger partial charge >= 0.3 is 0 Å². The molecule has 0 amide bonds. The maximum Gasteiger partial charge on any atom is 0.178 e. The van der Waals surface area contributed by atoms with Crippen molar-refractivity contribution in [2.75, 3.05) is 0 Å². The van der Waals surface area contributed by atoms with Gasteiger partial charge in [-0.1, -0.05) is 13.0 Å². The number of H-pyrrole nitrogens is 1. The first-order valence-electron chi connectivity index (χ1n) is 6.36. The molecule has 2 aromatic rings. The molecule has 17 heavy (non-hydrogen) atoms. The summed E-state index contributed by atoms with van der Waals surface area (Å²) in [6.07, 6.45) is 3.84. The van der Waals surface area contributed by atoms with E-state index in [9.17, 15) is 0 Å². The fraction of sp³-hybridized carbons (Fsp3) is 0.500. The molecule has 1 saturated carbocycles. The zero-order valence-corrected chi connectivity index (χ0v) is 11.2. The van der Waals surface area contributed by atoms with Crippen molar-refractivity contribution in [2.45, 2.75) is 39.2 Å². The molecule has 1 heterocycles. The van der Waals surface area contributed by atoms with E-state index in [0.717, 1.165) is 10.7 Å². The van der Waals surface area contributed by atoms with Gasteiger partial charge in [0.1, 0.15) is 0 Å². The molecule has 0 saturated heterocycles. The van der Waals surface area contributed by atoms with E-state index in [0.29, 0.717) is 6.04 Å². The van der Waals surface area contributed by atoms with E-state index in [-0.39, 0.29) is 0 Å². The van der Waals surface area contributed by atoms with E-state index in [1.807, 2.05) is 0 Å². The van der Waals surface area contributed by atoms with E-state index in [1.54, 1.807) is 0 Å². The Labute approximate surface area is 107 Å². The van der Waals surface area contributed by atoms with Crippen LogP contribution >= 0.6 is 12.2 Å². The van der Waals surface area contributed by atoms with Crippen LogP contribution in [0.5, 0.6) is 0 Å². The third-order valence-corrected chi connectivity index (χ3v) is 4.20. The van der Waals surface area contributed by atoms with Crippen LogP contribution in [-0.2, 0) is 0 Å². The summed E-state index contributed by atoms with van der Waals surface area (Å²) < 4.78 is 3.21. The molecule has 0 spiro atoms. The van der Waals surface area contributed by atoms with Gasteiger partial charge in [0.05, 0.1) is 11.0 Å². The zero-order chi connectivity index (χ0) is 12.0. The maximum absolute atomic E-state index is 5.48. The second-order valence-corrected chi connectivity index (χ2v) is 5.78. The van der Waals surface area contributed by atoms with Crippen LogP contribution in [0.2, 0.25) is 0 Å². The number of imidazole rings is 1. The van der Waals surface area contributed by atoms with Gasteiger partial charge in [-0.3, -0.25) is 0 Å². The summed E-state index contributed by atoms with van der Waals surface area (Å²) in [5.41, 5.74) is 3.74. The second-order valence-electron chi connectivity index (χ2n) is 5.39. The van der Waals surface area contributed by atoms with E-state index < -0.39 is 0 Å². The normalized spacial score (nSPS) is 24.6. The molecule has 2 nitrogen and oxygen atoms in total. The highest BCUT2D eigenvalue weighted by atomic mass is 32.1. The van der Waals surface area contributed by atoms with Gasteiger partial charge in [0.25, 0.3) is 0 Å². The summed E-state index contributed by atoms with van der Waals surface area (Å²) in [5.74, 6) is 0.830. The van der Waals surface area contributed by atoms with E-state index >= 15 is 0 Å². The summed E-state index contributed by atoms with van der Waals surface area (Å²) >= 11 is 5.48. The van der Waals surface area contributed by atoms with Gasteiger partial charge < -0.3 is 9.55 Å². The minimum absolute atomic E-state index is 0.591. The van der Waals surface area contributed by atoms with Crippen LogP contribution in [0.25, 0.3) is 11.0 Å². The fourth-order valence-electron chi connectivity index (χ4n) is 3.01. The molecule has 1 fully saturated rings. The van der Waals surface area contributed by atoms with Crippen molar-refractivity contribution >= 4 is 23.3 Å². The van der Waals surface area contributed by atoms with Crippen molar-refractivity contribution < 1.29 is 0 Å². The van der Waals surface area contributed by atoms with Crippen molar-refractivity contribution in [3.63, 3.8) is 0 Å². The van der Waals surface area contributed by atoms with Gasteiger partial charge in [0.2, 0.25) is 0 Å². The maximum atomic E-state index is 5.48. The Balaban J connectivity index is 2.17. The number of nitrogens with one attached hydrogen (secondary N) is 1. The molecule has 0 bridgehead atoms. The van der Waals surface area contributed by atoms with Gasteiger partial charge in [-0.15, -0.1) is 0 Å². The van der Waals surface area contributed by atoms with Gasteiger partial charge in [-0.25, -0.2) is 0 Å². The molecule has 2 atom stereocenters. The first kappa shape index (κ1) is 11.0. The minimum Gasteiger partial charge on any atom is -0.331 e. The predicted octanol–water partition coefficient (Wildman–Crippen LogP) is 4.37. The number of aryl methyl sites for hydroxylation is 1. The van der Waals surface area contributed by atoms with Crippen LogP contribution in [0.4, 0.5) is 0 Å². The number of aromatic amines is 1. The molecule has 3 rings (SSSR count). The molecule has 0 aliphatic heterocycles. The first-order chi connectivity index (χ1) is 8.15. The summed E-state index contributed by atoms with van der Waals surface area (Å²) in [6, 6.07) is 7.10. The van der Waals surface area contributed by atoms with Crippen molar-refractivity contribution in [1.29, 1.82) is 0 Å². The number of hydrogen-bond acceptors (Lipinski definition) is 1. The van der Waals surface area contributed by atoms with Crippen molar-refractivity contribution in [3.05, 3.63) is 28.5 Å². The van der Waals surface area contributed by atoms with Crippen LogP contribution in [0, 0.1) is 17.6 Å². The van der Waals surface area contributed by atoms with Crippen LogP contribution in [0.1, 0.15) is 37.8 Å². The monoisotopic (exact) mass is 246 g/mol. The summed E-state index contributed by atoms with van der Waals surface area (Å²) in [4.78, 5) is 3.32. The lowest BCUT2D eigenvalue weighted by Gasteiger charge is -2.13. The predicted molar refractivity (Wildman–Crippen MR) is 73.9 cm³/mol.